The van der Waals surface area contributed by atoms with Gasteiger partial charge in [-0.3, -0.25) is 9.69 Å². The van der Waals surface area contributed by atoms with Gasteiger partial charge in [-0.05, 0) is 50.9 Å². The minimum absolute atomic E-state index is 0.104. The van der Waals surface area contributed by atoms with Crippen molar-refractivity contribution in [2.24, 2.45) is 5.41 Å². The molecule has 2 aromatic rings. The minimum atomic E-state index is -0.190. The van der Waals surface area contributed by atoms with Crippen LogP contribution in [-0.2, 0) is 6.54 Å². The van der Waals surface area contributed by atoms with Crippen LogP contribution in [0.4, 0.5) is 4.39 Å². The van der Waals surface area contributed by atoms with Gasteiger partial charge in [-0.25, -0.2) is 9.37 Å². The van der Waals surface area contributed by atoms with Gasteiger partial charge in [0.25, 0.3) is 5.91 Å². The number of piperidine rings is 1. The number of likely N-dealkylation sites (tertiary alicyclic amines) is 2. The molecule has 0 saturated carbocycles. The van der Waals surface area contributed by atoms with Crippen LogP contribution in [0.15, 0.2) is 23.7 Å². The van der Waals surface area contributed by atoms with Crippen LogP contribution in [0.25, 0.3) is 0 Å². The molecule has 2 aliphatic rings. The standard InChI is InChI=1S/C21H26FN3O2S/c1-15-19(28-14-23-15)20(26)25-9-7-21(13-25)6-3-8-24(12-21)11-16-10-17(27-2)4-5-18(16)22/h4-5,10,14H,3,6-9,11-13H2,1-2H3. The van der Waals surface area contributed by atoms with Gasteiger partial charge >= 0.3 is 0 Å². The number of ether oxygens (including phenoxy) is 1. The first kappa shape index (κ1) is 19.3. The molecule has 1 amide bonds. The van der Waals surface area contributed by atoms with Gasteiger partial charge in [0.1, 0.15) is 16.4 Å². The average molecular weight is 404 g/mol. The highest BCUT2D eigenvalue weighted by Gasteiger charge is 2.43. The topological polar surface area (TPSA) is 45.7 Å². The van der Waals surface area contributed by atoms with Crippen molar-refractivity contribution in [2.45, 2.75) is 32.7 Å². The maximum Gasteiger partial charge on any atom is 0.265 e. The summed E-state index contributed by atoms with van der Waals surface area (Å²) >= 11 is 1.42. The Balaban J connectivity index is 1.44. The summed E-state index contributed by atoms with van der Waals surface area (Å²) in [6.45, 7) is 5.89. The molecule has 4 rings (SSSR count). The second kappa shape index (κ2) is 7.79. The first-order chi connectivity index (χ1) is 13.5. The molecule has 1 aromatic carbocycles. The lowest BCUT2D eigenvalue weighted by molar-refractivity contribution is 0.0676. The summed E-state index contributed by atoms with van der Waals surface area (Å²) in [6.07, 6.45) is 3.20. The van der Waals surface area contributed by atoms with Gasteiger partial charge < -0.3 is 9.64 Å². The third kappa shape index (κ3) is 3.78. The highest BCUT2D eigenvalue weighted by atomic mass is 32.1. The van der Waals surface area contributed by atoms with Crippen LogP contribution in [-0.4, -0.2) is 54.0 Å². The molecule has 5 nitrogen and oxygen atoms in total. The van der Waals surface area contributed by atoms with Crippen LogP contribution in [0.3, 0.4) is 0 Å². The van der Waals surface area contributed by atoms with Gasteiger partial charge in [0.2, 0.25) is 0 Å². The molecule has 0 N–H and O–H groups in total. The van der Waals surface area contributed by atoms with E-state index >= 15 is 0 Å². The minimum Gasteiger partial charge on any atom is -0.497 e. The summed E-state index contributed by atoms with van der Waals surface area (Å²) in [5.74, 6) is 0.595. The van der Waals surface area contributed by atoms with E-state index in [0.717, 1.165) is 56.0 Å². The van der Waals surface area contributed by atoms with E-state index in [0.29, 0.717) is 17.9 Å². The predicted molar refractivity (Wildman–Crippen MR) is 107 cm³/mol. The van der Waals surface area contributed by atoms with E-state index in [4.69, 9.17) is 4.74 Å². The number of methoxy groups -OCH3 is 1. The second-order valence-corrected chi connectivity index (χ2v) is 8.87. The first-order valence-corrected chi connectivity index (χ1v) is 10.6. The normalized spacial score (nSPS) is 22.8. The van der Waals surface area contributed by atoms with Crippen LogP contribution < -0.4 is 4.74 Å². The van der Waals surface area contributed by atoms with E-state index in [2.05, 4.69) is 9.88 Å². The maximum absolute atomic E-state index is 14.3. The van der Waals surface area contributed by atoms with Crippen molar-refractivity contribution in [3.8, 4) is 5.75 Å². The number of amides is 1. The lowest BCUT2D eigenvalue weighted by Crippen LogP contribution is -2.45. The Kier molecular flexibility index (Phi) is 5.38. The number of thiazole rings is 1. The number of carbonyl (C=O) groups is 1. The molecular formula is C21H26FN3O2S. The van der Waals surface area contributed by atoms with Gasteiger partial charge in [0, 0.05) is 37.2 Å². The molecule has 28 heavy (non-hydrogen) atoms. The zero-order valence-electron chi connectivity index (χ0n) is 16.4. The summed E-state index contributed by atoms with van der Waals surface area (Å²) in [6, 6.07) is 4.91. The fraction of sp³-hybridized carbons (Fsp3) is 0.524. The SMILES string of the molecule is COc1ccc(F)c(CN2CCCC3(CCN(C(=O)c4scnc4C)C3)C2)c1. The van der Waals surface area contributed by atoms with Crippen molar-refractivity contribution in [1.82, 2.24) is 14.8 Å². The molecule has 3 heterocycles. The smallest absolute Gasteiger partial charge is 0.265 e. The van der Waals surface area contributed by atoms with Crippen LogP contribution in [0, 0.1) is 18.2 Å². The van der Waals surface area contributed by atoms with Gasteiger partial charge in [0.05, 0.1) is 18.3 Å². The Bertz CT molecular complexity index is 871. The number of halogens is 1. The molecule has 1 aromatic heterocycles. The van der Waals surface area contributed by atoms with Crippen molar-refractivity contribution < 1.29 is 13.9 Å². The number of benzene rings is 1. The molecule has 2 aliphatic heterocycles. The third-order valence-electron chi connectivity index (χ3n) is 6.05. The monoisotopic (exact) mass is 403 g/mol. The zero-order valence-corrected chi connectivity index (χ0v) is 17.2. The van der Waals surface area contributed by atoms with Crippen LogP contribution in [0.5, 0.6) is 5.75 Å². The van der Waals surface area contributed by atoms with Crippen molar-refractivity contribution >= 4 is 17.2 Å². The number of hydrogen-bond donors (Lipinski definition) is 0. The van der Waals surface area contributed by atoms with Crippen LogP contribution >= 0.6 is 11.3 Å². The first-order valence-electron chi connectivity index (χ1n) is 9.74. The Morgan fingerprint density at radius 1 is 1.32 bits per heavy atom. The number of carbonyl (C=O) groups excluding carboxylic acids is 1. The molecule has 0 bridgehead atoms. The van der Waals surface area contributed by atoms with Gasteiger partial charge in [-0.2, -0.15) is 0 Å². The van der Waals surface area contributed by atoms with Crippen molar-refractivity contribution in [3.05, 3.63) is 45.7 Å². The summed E-state index contributed by atoms with van der Waals surface area (Å²) in [5, 5.41) is 0. The third-order valence-corrected chi connectivity index (χ3v) is 6.97. The number of rotatable bonds is 4. The fourth-order valence-electron chi connectivity index (χ4n) is 4.58. The van der Waals surface area contributed by atoms with E-state index in [1.165, 1.54) is 17.4 Å². The number of aromatic nitrogens is 1. The number of nitrogens with zero attached hydrogens (tertiary/aromatic N) is 3. The van der Waals surface area contributed by atoms with Crippen LogP contribution in [0.1, 0.15) is 40.2 Å². The lowest BCUT2D eigenvalue weighted by atomic mass is 9.79. The Morgan fingerprint density at radius 2 is 2.18 bits per heavy atom. The predicted octanol–water partition coefficient (Wildman–Crippen LogP) is 3.73. The largest absolute Gasteiger partial charge is 0.497 e. The summed E-state index contributed by atoms with van der Waals surface area (Å²) in [5.41, 5.74) is 3.33. The number of hydrogen-bond acceptors (Lipinski definition) is 5. The molecule has 2 fully saturated rings. The summed E-state index contributed by atoms with van der Waals surface area (Å²) in [7, 11) is 1.60. The Labute approximate surface area is 169 Å². The second-order valence-electron chi connectivity index (χ2n) is 8.02. The average Bonchev–Trinajstić information content (AvgIpc) is 3.30. The highest BCUT2D eigenvalue weighted by molar-refractivity contribution is 7.11. The van der Waals surface area contributed by atoms with Gasteiger partial charge in [0.15, 0.2) is 0 Å². The van der Waals surface area contributed by atoms with Gasteiger partial charge in [-0.15, -0.1) is 11.3 Å². The van der Waals surface area contributed by atoms with Crippen molar-refractivity contribution in [1.29, 1.82) is 0 Å². The summed E-state index contributed by atoms with van der Waals surface area (Å²) in [4.78, 5) is 22.1. The molecule has 1 unspecified atom stereocenters. The molecule has 0 radical (unpaired) electrons. The van der Waals surface area contributed by atoms with Crippen LogP contribution in [0.2, 0.25) is 0 Å². The fourth-order valence-corrected chi connectivity index (χ4v) is 5.35. The zero-order chi connectivity index (χ0) is 19.7. The van der Waals surface area contributed by atoms with E-state index in [-0.39, 0.29) is 17.1 Å². The van der Waals surface area contributed by atoms with Crippen molar-refractivity contribution in [3.63, 3.8) is 0 Å². The molecular weight excluding hydrogens is 377 g/mol. The molecule has 7 heteroatoms. The summed E-state index contributed by atoms with van der Waals surface area (Å²) < 4.78 is 19.5. The molecule has 2 saturated heterocycles. The lowest BCUT2D eigenvalue weighted by Gasteiger charge is -2.40. The van der Waals surface area contributed by atoms with Gasteiger partial charge in [-0.1, -0.05) is 0 Å². The maximum atomic E-state index is 14.3. The molecule has 150 valence electrons. The highest BCUT2D eigenvalue weighted by Crippen LogP contribution is 2.40. The Morgan fingerprint density at radius 3 is 2.93 bits per heavy atom. The van der Waals surface area contributed by atoms with E-state index in [9.17, 15) is 9.18 Å². The molecule has 0 aliphatic carbocycles. The van der Waals surface area contributed by atoms with E-state index in [1.54, 1.807) is 24.8 Å². The quantitative estimate of drug-likeness (QED) is 0.780. The van der Waals surface area contributed by atoms with E-state index < -0.39 is 0 Å². The van der Waals surface area contributed by atoms with Crippen molar-refractivity contribution in [2.75, 3.05) is 33.3 Å². The molecule has 1 spiro atoms. The molecule has 1 atom stereocenters. The Hall–Kier alpha value is -1.99. The number of aryl methyl sites for hydroxylation is 1. The van der Waals surface area contributed by atoms with E-state index in [1.807, 2.05) is 11.8 Å².